The van der Waals surface area contributed by atoms with E-state index in [2.05, 4.69) is 5.32 Å². The van der Waals surface area contributed by atoms with Crippen molar-refractivity contribution in [2.24, 2.45) is 0 Å². The van der Waals surface area contributed by atoms with Crippen LogP contribution in [0.3, 0.4) is 0 Å². The molecule has 0 aromatic heterocycles. The average molecular weight is 252 g/mol. The first-order valence-corrected chi connectivity index (χ1v) is 6.03. The van der Waals surface area contributed by atoms with Gasteiger partial charge in [-0.2, -0.15) is 0 Å². The van der Waals surface area contributed by atoms with Gasteiger partial charge in [-0.05, 0) is 45.6 Å². The second kappa shape index (κ2) is 5.82. The third kappa shape index (κ3) is 3.20. The molecule has 100 valence electrons. The minimum Gasteiger partial charge on any atom is -0.505 e. The summed E-state index contributed by atoms with van der Waals surface area (Å²) in [5.41, 5.74) is 1.36. The van der Waals surface area contributed by atoms with Gasteiger partial charge in [0.1, 0.15) is 5.57 Å². The first-order chi connectivity index (χ1) is 8.34. The highest BCUT2D eigenvalue weighted by molar-refractivity contribution is 6.23. The van der Waals surface area contributed by atoms with Gasteiger partial charge in [-0.25, -0.2) is 0 Å². The summed E-state index contributed by atoms with van der Waals surface area (Å²) in [6.07, 6.45) is 1.15. The summed E-state index contributed by atoms with van der Waals surface area (Å²) in [5.74, 6) is -0.562. The highest BCUT2D eigenvalue weighted by Gasteiger charge is 2.30. The Hall–Kier alpha value is -1.62. The second-order valence-electron chi connectivity index (χ2n) is 4.77. The SMILES string of the molecule is CC(C)=C1NC(=O)C(C(=N)CCCC(C)O)=C1O. The largest absolute Gasteiger partial charge is 0.505 e. The van der Waals surface area contributed by atoms with Crippen molar-refractivity contribution in [2.75, 3.05) is 0 Å². The molecule has 5 nitrogen and oxygen atoms in total. The van der Waals surface area contributed by atoms with E-state index in [0.717, 1.165) is 5.57 Å². The Labute approximate surface area is 107 Å². The Morgan fingerprint density at radius 1 is 1.44 bits per heavy atom. The maximum Gasteiger partial charge on any atom is 0.261 e. The van der Waals surface area contributed by atoms with Crippen LogP contribution in [0.15, 0.2) is 22.6 Å². The quantitative estimate of drug-likeness (QED) is 0.562. The summed E-state index contributed by atoms with van der Waals surface area (Å²) in [6, 6.07) is 0. The number of hydrogen-bond acceptors (Lipinski definition) is 4. The van der Waals surface area contributed by atoms with E-state index in [1.54, 1.807) is 20.8 Å². The highest BCUT2D eigenvalue weighted by Crippen LogP contribution is 2.23. The Balaban J connectivity index is 2.79. The molecule has 0 spiro atoms. The lowest BCUT2D eigenvalue weighted by molar-refractivity contribution is -0.115. The summed E-state index contributed by atoms with van der Waals surface area (Å²) >= 11 is 0. The predicted octanol–water partition coefficient (Wildman–Crippen LogP) is 1.79. The van der Waals surface area contributed by atoms with Crippen LogP contribution in [0, 0.1) is 5.41 Å². The number of nitrogens with one attached hydrogen (secondary N) is 2. The predicted molar refractivity (Wildman–Crippen MR) is 69.4 cm³/mol. The van der Waals surface area contributed by atoms with Gasteiger partial charge in [0.15, 0.2) is 5.76 Å². The van der Waals surface area contributed by atoms with E-state index >= 15 is 0 Å². The molecule has 0 saturated heterocycles. The number of hydrogen-bond donors (Lipinski definition) is 4. The van der Waals surface area contributed by atoms with Crippen LogP contribution < -0.4 is 5.32 Å². The van der Waals surface area contributed by atoms with Gasteiger partial charge < -0.3 is 20.9 Å². The Bertz CT molecular complexity index is 430. The minimum atomic E-state index is -0.425. The Morgan fingerprint density at radius 2 is 2.06 bits per heavy atom. The lowest BCUT2D eigenvalue weighted by atomic mass is 10.0. The van der Waals surface area contributed by atoms with Gasteiger partial charge in [0.25, 0.3) is 5.91 Å². The molecule has 0 bridgehead atoms. The number of carbonyl (C=O) groups is 1. The topological polar surface area (TPSA) is 93.4 Å². The lowest BCUT2D eigenvalue weighted by Crippen LogP contribution is -2.20. The smallest absolute Gasteiger partial charge is 0.261 e. The van der Waals surface area contributed by atoms with Gasteiger partial charge in [-0.1, -0.05) is 0 Å². The van der Waals surface area contributed by atoms with Crippen LogP contribution in [0.2, 0.25) is 0 Å². The van der Waals surface area contributed by atoms with Crippen molar-refractivity contribution in [3.05, 3.63) is 22.6 Å². The molecule has 1 heterocycles. The fourth-order valence-corrected chi connectivity index (χ4v) is 1.81. The van der Waals surface area contributed by atoms with Crippen LogP contribution in [-0.4, -0.2) is 27.9 Å². The second-order valence-corrected chi connectivity index (χ2v) is 4.77. The summed E-state index contributed by atoms with van der Waals surface area (Å²) in [7, 11) is 0. The van der Waals surface area contributed by atoms with Crippen LogP contribution in [0.5, 0.6) is 0 Å². The molecule has 1 rings (SSSR count). The molecule has 0 aromatic carbocycles. The van der Waals surface area contributed by atoms with Crippen LogP contribution in [-0.2, 0) is 4.79 Å². The first-order valence-electron chi connectivity index (χ1n) is 6.03. The van der Waals surface area contributed by atoms with E-state index < -0.39 is 12.0 Å². The number of carbonyl (C=O) groups excluding carboxylic acids is 1. The van der Waals surface area contributed by atoms with Crippen molar-refractivity contribution in [1.29, 1.82) is 5.41 Å². The summed E-state index contributed by atoms with van der Waals surface area (Å²) < 4.78 is 0. The molecule has 0 saturated carbocycles. The monoisotopic (exact) mass is 252 g/mol. The van der Waals surface area contributed by atoms with E-state index in [1.807, 2.05) is 0 Å². The van der Waals surface area contributed by atoms with Crippen molar-refractivity contribution in [1.82, 2.24) is 5.32 Å². The zero-order valence-electron chi connectivity index (χ0n) is 11.0. The summed E-state index contributed by atoms with van der Waals surface area (Å²) in [4.78, 5) is 11.7. The van der Waals surface area contributed by atoms with Gasteiger partial charge in [-0.15, -0.1) is 0 Å². The fraction of sp³-hybridized carbons (Fsp3) is 0.538. The third-order valence-corrected chi connectivity index (χ3v) is 2.79. The zero-order valence-corrected chi connectivity index (χ0v) is 11.0. The number of aliphatic hydroxyl groups is 2. The van der Waals surface area contributed by atoms with Crippen LogP contribution in [0.25, 0.3) is 0 Å². The van der Waals surface area contributed by atoms with Crippen molar-refractivity contribution in [2.45, 2.75) is 46.1 Å². The van der Waals surface area contributed by atoms with Crippen molar-refractivity contribution < 1.29 is 15.0 Å². The minimum absolute atomic E-state index is 0.0526. The van der Waals surface area contributed by atoms with Crippen LogP contribution in [0.4, 0.5) is 0 Å². The van der Waals surface area contributed by atoms with Crippen molar-refractivity contribution in [3.8, 4) is 0 Å². The van der Waals surface area contributed by atoms with Crippen LogP contribution in [0.1, 0.15) is 40.0 Å². The fourth-order valence-electron chi connectivity index (χ4n) is 1.81. The molecule has 0 radical (unpaired) electrons. The molecule has 4 N–H and O–H groups in total. The summed E-state index contributed by atoms with van der Waals surface area (Å²) in [6.45, 7) is 5.25. The van der Waals surface area contributed by atoms with E-state index in [4.69, 9.17) is 10.5 Å². The molecular formula is C13H20N2O3. The molecule has 18 heavy (non-hydrogen) atoms. The Morgan fingerprint density at radius 3 is 2.50 bits per heavy atom. The van der Waals surface area contributed by atoms with E-state index in [9.17, 15) is 9.90 Å². The molecule has 0 aliphatic carbocycles. The molecule has 1 atom stereocenters. The molecule has 1 aliphatic rings. The number of allylic oxidation sites excluding steroid dienone is 1. The summed E-state index contributed by atoms with van der Waals surface area (Å²) in [5, 5.41) is 29.4. The molecule has 1 unspecified atom stereocenters. The molecule has 0 aromatic rings. The third-order valence-electron chi connectivity index (χ3n) is 2.79. The maximum atomic E-state index is 11.7. The number of rotatable bonds is 5. The van der Waals surface area contributed by atoms with E-state index in [0.29, 0.717) is 25.0 Å². The standard InChI is InChI=1S/C13H20N2O3/c1-7(2)11-12(17)10(13(18)15-11)9(14)6-4-5-8(3)16/h8,14,16-17H,4-6H2,1-3H3,(H,15,18). The molecule has 0 fully saturated rings. The van der Waals surface area contributed by atoms with E-state index in [1.165, 1.54) is 0 Å². The maximum absolute atomic E-state index is 11.7. The highest BCUT2D eigenvalue weighted by atomic mass is 16.3. The Kier molecular flexibility index (Phi) is 4.67. The average Bonchev–Trinajstić information content (AvgIpc) is 2.53. The zero-order chi connectivity index (χ0) is 13.9. The van der Waals surface area contributed by atoms with Gasteiger partial charge in [0.05, 0.1) is 11.8 Å². The van der Waals surface area contributed by atoms with Gasteiger partial charge >= 0.3 is 0 Å². The van der Waals surface area contributed by atoms with Gasteiger partial charge in [0, 0.05) is 5.71 Å². The molecule has 1 amide bonds. The lowest BCUT2D eigenvalue weighted by Gasteiger charge is -2.05. The normalized spacial score (nSPS) is 16.9. The molecule has 1 aliphatic heterocycles. The molecular weight excluding hydrogens is 232 g/mol. The van der Waals surface area contributed by atoms with E-state index in [-0.39, 0.29) is 17.0 Å². The van der Waals surface area contributed by atoms with Crippen LogP contribution >= 0.6 is 0 Å². The first kappa shape index (κ1) is 14.4. The van der Waals surface area contributed by atoms with Gasteiger partial charge in [0.2, 0.25) is 0 Å². The molecule has 5 heteroatoms. The number of aliphatic hydroxyl groups excluding tert-OH is 2. The van der Waals surface area contributed by atoms with Crippen molar-refractivity contribution >= 4 is 11.6 Å². The van der Waals surface area contributed by atoms with Gasteiger partial charge in [-0.3, -0.25) is 4.79 Å². The van der Waals surface area contributed by atoms with Crippen molar-refractivity contribution in [3.63, 3.8) is 0 Å². The number of amides is 1.